The van der Waals surface area contributed by atoms with E-state index in [0.29, 0.717) is 11.7 Å². The summed E-state index contributed by atoms with van der Waals surface area (Å²) in [6, 6.07) is 0. The Labute approximate surface area is 97.7 Å². The zero-order chi connectivity index (χ0) is 11.8. The Balaban J connectivity index is 3.77. The van der Waals surface area contributed by atoms with Gasteiger partial charge in [-0.15, -0.1) is 0 Å². The van der Waals surface area contributed by atoms with Crippen molar-refractivity contribution in [2.75, 3.05) is 13.1 Å². The summed E-state index contributed by atoms with van der Waals surface area (Å²) in [5, 5.41) is 11.0. The van der Waals surface area contributed by atoms with Gasteiger partial charge in [-0.2, -0.15) is 0 Å². The van der Waals surface area contributed by atoms with Gasteiger partial charge < -0.3 is 11.1 Å². The molecule has 0 aliphatic rings. The largest absolute Gasteiger partial charge is 0.370 e. The molecular weight excluding hydrogens is 208 g/mol. The summed E-state index contributed by atoms with van der Waals surface area (Å²) in [7, 11) is 0. The van der Waals surface area contributed by atoms with Crippen LogP contribution in [-0.4, -0.2) is 29.1 Å². The van der Waals surface area contributed by atoms with Crippen molar-refractivity contribution in [3.05, 3.63) is 0 Å². The number of rotatable bonds is 5. The van der Waals surface area contributed by atoms with E-state index in [-0.39, 0.29) is 5.96 Å². The molecule has 0 bridgehead atoms. The van der Waals surface area contributed by atoms with Crippen LogP contribution in [-0.2, 0) is 0 Å². The van der Waals surface area contributed by atoms with E-state index < -0.39 is 0 Å². The van der Waals surface area contributed by atoms with Gasteiger partial charge in [0.25, 0.3) is 0 Å². The van der Waals surface area contributed by atoms with Crippen LogP contribution in [0.3, 0.4) is 0 Å². The highest BCUT2D eigenvalue weighted by Crippen LogP contribution is 2.01. The highest BCUT2D eigenvalue weighted by atomic mass is 32.1. The molecule has 4 N–H and O–H groups in total. The Morgan fingerprint density at radius 1 is 1.53 bits per heavy atom. The van der Waals surface area contributed by atoms with Gasteiger partial charge in [0.05, 0.1) is 0 Å². The monoisotopic (exact) mass is 230 g/mol. The molecule has 0 aliphatic heterocycles. The fourth-order valence-corrected chi connectivity index (χ4v) is 1.55. The van der Waals surface area contributed by atoms with Crippen molar-refractivity contribution < 1.29 is 0 Å². The molecule has 0 unspecified atom stereocenters. The second-order valence-electron chi connectivity index (χ2n) is 3.90. The minimum Gasteiger partial charge on any atom is -0.370 e. The first-order valence-electron chi connectivity index (χ1n) is 5.38. The summed E-state index contributed by atoms with van der Waals surface area (Å²) in [6.45, 7) is 7.80. The minimum atomic E-state index is -0.00106. The fraction of sp³-hybridized carbons (Fsp3) is 0.800. The van der Waals surface area contributed by atoms with Gasteiger partial charge in [0.2, 0.25) is 0 Å². The Kier molecular flexibility index (Phi) is 7.03. The molecule has 4 nitrogen and oxygen atoms in total. The van der Waals surface area contributed by atoms with E-state index in [1.165, 1.54) is 6.42 Å². The van der Waals surface area contributed by atoms with Crippen molar-refractivity contribution in [1.82, 2.24) is 10.2 Å². The second-order valence-corrected chi connectivity index (χ2v) is 4.28. The highest BCUT2D eigenvalue weighted by molar-refractivity contribution is 7.80. The topological polar surface area (TPSA) is 65.1 Å². The predicted octanol–water partition coefficient (Wildman–Crippen LogP) is 1.51. The maximum absolute atomic E-state index is 7.31. The number of hydrogen-bond donors (Lipinski definition) is 3. The van der Waals surface area contributed by atoms with Crippen LogP contribution in [0.5, 0.6) is 0 Å². The summed E-state index contributed by atoms with van der Waals surface area (Å²) in [5.74, 6) is 0.717. The first kappa shape index (κ1) is 14.2. The average molecular weight is 230 g/mol. The quantitative estimate of drug-likeness (QED) is 0.290. The molecule has 0 aromatic carbocycles. The van der Waals surface area contributed by atoms with E-state index in [0.717, 1.165) is 18.9 Å². The maximum Gasteiger partial charge on any atom is 0.194 e. The van der Waals surface area contributed by atoms with Crippen molar-refractivity contribution in [3.63, 3.8) is 0 Å². The van der Waals surface area contributed by atoms with Crippen LogP contribution in [0.4, 0.5) is 0 Å². The van der Waals surface area contributed by atoms with Gasteiger partial charge in [-0.05, 0) is 37.9 Å². The third kappa shape index (κ3) is 6.28. The molecule has 0 heterocycles. The van der Waals surface area contributed by atoms with E-state index in [1.54, 1.807) is 4.90 Å². The molecule has 0 amide bonds. The molecule has 0 aromatic rings. The molecular formula is C10H22N4S. The van der Waals surface area contributed by atoms with Crippen LogP contribution in [0.25, 0.3) is 0 Å². The van der Waals surface area contributed by atoms with Crippen molar-refractivity contribution in [2.24, 2.45) is 11.7 Å². The third-order valence-electron chi connectivity index (χ3n) is 2.09. The Bertz CT molecular complexity index is 215. The van der Waals surface area contributed by atoms with Gasteiger partial charge >= 0.3 is 0 Å². The van der Waals surface area contributed by atoms with Crippen molar-refractivity contribution in [3.8, 4) is 0 Å². The number of thiocarbonyl (C=S) groups is 1. The van der Waals surface area contributed by atoms with E-state index in [4.69, 9.17) is 23.4 Å². The molecule has 0 atom stereocenters. The highest BCUT2D eigenvalue weighted by Gasteiger charge is 2.08. The molecule has 88 valence electrons. The van der Waals surface area contributed by atoms with Crippen LogP contribution in [0.2, 0.25) is 0 Å². The van der Waals surface area contributed by atoms with Gasteiger partial charge in [0, 0.05) is 13.1 Å². The van der Waals surface area contributed by atoms with Crippen LogP contribution in [0.1, 0.15) is 33.6 Å². The number of hydrogen-bond acceptors (Lipinski definition) is 2. The van der Waals surface area contributed by atoms with Crippen LogP contribution < -0.4 is 11.1 Å². The minimum absolute atomic E-state index is 0.00106. The standard InChI is InChI=1S/C10H22N4S/c1-4-14(9(11)12)10(15)13-7-5-6-8(2)3/h8H,4-7H2,1-3H3,(H3,11,12)(H,13,15). The molecule has 0 saturated carbocycles. The Hall–Kier alpha value is -0.840. The van der Waals surface area contributed by atoms with E-state index in [1.807, 2.05) is 6.92 Å². The van der Waals surface area contributed by atoms with Gasteiger partial charge in [-0.25, -0.2) is 0 Å². The zero-order valence-corrected chi connectivity index (χ0v) is 10.7. The predicted molar refractivity (Wildman–Crippen MR) is 69.0 cm³/mol. The summed E-state index contributed by atoms with van der Waals surface area (Å²) >= 11 is 5.12. The third-order valence-corrected chi connectivity index (χ3v) is 2.45. The SMILES string of the molecule is CCN(C(=N)N)C(=S)NCCCC(C)C. The molecule has 0 rings (SSSR count). The van der Waals surface area contributed by atoms with Crippen molar-refractivity contribution >= 4 is 23.3 Å². The first-order chi connectivity index (χ1) is 6.99. The average Bonchev–Trinajstić information content (AvgIpc) is 2.12. The van der Waals surface area contributed by atoms with Crippen LogP contribution >= 0.6 is 12.2 Å². The molecule has 0 aromatic heterocycles. The van der Waals surface area contributed by atoms with E-state index in [2.05, 4.69) is 19.2 Å². The van der Waals surface area contributed by atoms with Crippen LogP contribution in [0.15, 0.2) is 0 Å². The van der Waals surface area contributed by atoms with Gasteiger partial charge in [-0.3, -0.25) is 10.3 Å². The number of nitrogens with one attached hydrogen (secondary N) is 2. The van der Waals surface area contributed by atoms with E-state index in [9.17, 15) is 0 Å². The number of nitrogens with two attached hydrogens (primary N) is 1. The second kappa shape index (κ2) is 7.45. The first-order valence-corrected chi connectivity index (χ1v) is 5.79. The van der Waals surface area contributed by atoms with Gasteiger partial charge in [0.15, 0.2) is 11.1 Å². The lowest BCUT2D eigenvalue weighted by atomic mass is 10.1. The normalized spacial score (nSPS) is 10.1. The fourth-order valence-electron chi connectivity index (χ4n) is 1.22. The maximum atomic E-state index is 7.31. The summed E-state index contributed by atoms with van der Waals surface area (Å²) in [5.41, 5.74) is 5.38. The van der Waals surface area contributed by atoms with Gasteiger partial charge in [-0.1, -0.05) is 13.8 Å². The molecule has 15 heavy (non-hydrogen) atoms. The Morgan fingerprint density at radius 3 is 2.53 bits per heavy atom. The lowest BCUT2D eigenvalue weighted by Crippen LogP contribution is -2.46. The summed E-state index contributed by atoms with van der Waals surface area (Å²) in [6.07, 6.45) is 2.27. The molecule has 0 spiro atoms. The lowest BCUT2D eigenvalue weighted by Gasteiger charge is -2.22. The molecule has 0 radical (unpaired) electrons. The van der Waals surface area contributed by atoms with E-state index >= 15 is 0 Å². The van der Waals surface area contributed by atoms with Crippen molar-refractivity contribution in [2.45, 2.75) is 33.6 Å². The number of guanidine groups is 1. The smallest absolute Gasteiger partial charge is 0.194 e. The number of nitrogens with zero attached hydrogens (tertiary/aromatic N) is 1. The molecule has 0 fully saturated rings. The molecule has 5 heteroatoms. The molecule has 0 saturated heterocycles. The Morgan fingerprint density at radius 2 is 2.13 bits per heavy atom. The van der Waals surface area contributed by atoms with Crippen LogP contribution in [0, 0.1) is 11.3 Å². The zero-order valence-electron chi connectivity index (χ0n) is 9.84. The van der Waals surface area contributed by atoms with Gasteiger partial charge in [0.1, 0.15) is 0 Å². The summed E-state index contributed by atoms with van der Waals surface area (Å²) < 4.78 is 0. The van der Waals surface area contributed by atoms with Crippen molar-refractivity contribution in [1.29, 1.82) is 5.41 Å². The lowest BCUT2D eigenvalue weighted by molar-refractivity contribution is 0.540. The molecule has 0 aliphatic carbocycles. The summed E-state index contributed by atoms with van der Waals surface area (Å²) in [4.78, 5) is 1.57.